The van der Waals surface area contributed by atoms with Gasteiger partial charge in [-0.15, -0.1) is 11.3 Å². The fourth-order valence-electron chi connectivity index (χ4n) is 3.42. The zero-order chi connectivity index (χ0) is 17.7. The van der Waals surface area contributed by atoms with Gasteiger partial charge in [-0.25, -0.2) is 0 Å². The second-order valence-electron chi connectivity index (χ2n) is 6.17. The van der Waals surface area contributed by atoms with Crippen LogP contribution in [-0.2, 0) is 12.1 Å². The summed E-state index contributed by atoms with van der Waals surface area (Å²) in [4.78, 5) is 5.44. The summed E-state index contributed by atoms with van der Waals surface area (Å²) in [5.74, 6) is 0. The maximum Gasteiger partial charge on any atom is 0.0950 e. The molecule has 0 radical (unpaired) electrons. The number of hydrogen-bond donors (Lipinski definition) is 1. The Hall–Kier alpha value is -2.75. The molecule has 0 spiro atoms. The van der Waals surface area contributed by atoms with E-state index in [1.165, 1.54) is 21.6 Å². The van der Waals surface area contributed by atoms with Crippen molar-refractivity contribution in [1.82, 2.24) is 10.3 Å². The predicted molar refractivity (Wildman–Crippen MR) is 108 cm³/mol. The lowest BCUT2D eigenvalue weighted by atomic mass is 9.77. The largest absolute Gasteiger partial charge is 0.295 e. The molecule has 0 aliphatic heterocycles. The van der Waals surface area contributed by atoms with Crippen LogP contribution in [-0.4, -0.2) is 4.98 Å². The van der Waals surface area contributed by atoms with Gasteiger partial charge in [0.1, 0.15) is 0 Å². The van der Waals surface area contributed by atoms with E-state index in [0.717, 1.165) is 6.54 Å². The molecule has 0 fully saturated rings. The molecule has 0 amide bonds. The molecule has 4 aromatic rings. The second-order valence-corrected chi connectivity index (χ2v) is 7.14. The van der Waals surface area contributed by atoms with Crippen molar-refractivity contribution in [3.63, 3.8) is 0 Å². The lowest BCUT2D eigenvalue weighted by Crippen LogP contribution is -2.44. The quantitative estimate of drug-likeness (QED) is 0.479. The summed E-state index contributed by atoms with van der Waals surface area (Å²) in [6.45, 7) is 0.753. The molecule has 128 valence electrons. The number of thiazole rings is 1. The summed E-state index contributed by atoms with van der Waals surface area (Å²) in [5, 5.41) is 3.85. The Kier molecular flexibility index (Phi) is 4.91. The van der Waals surface area contributed by atoms with Gasteiger partial charge in [0.05, 0.1) is 11.0 Å². The predicted octanol–water partition coefficient (Wildman–Crippen LogP) is 5.22. The van der Waals surface area contributed by atoms with Gasteiger partial charge in [-0.1, -0.05) is 91.0 Å². The van der Waals surface area contributed by atoms with Crippen LogP contribution in [0.3, 0.4) is 0 Å². The number of rotatable bonds is 6. The summed E-state index contributed by atoms with van der Waals surface area (Å²) in [6, 6.07) is 32.0. The molecule has 1 aromatic heterocycles. The molecule has 0 saturated heterocycles. The molecule has 0 atom stereocenters. The first kappa shape index (κ1) is 16.7. The van der Waals surface area contributed by atoms with Crippen LogP contribution >= 0.6 is 11.3 Å². The van der Waals surface area contributed by atoms with Crippen LogP contribution in [0, 0.1) is 0 Å². The number of benzene rings is 3. The zero-order valence-corrected chi connectivity index (χ0v) is 15.2. The van der Waals surface area contributed by atoms with E-state index < -0.39 is 5.54 Å². The molecule has 1 N–H and O–H groups in total. The lowest BCUT2D eigenvalue weighted by Gasteiger charge is -2.37. The van der Waals surface area contributed by atoms with E-state index in [4.69, 9.17) is 0 Å². The van der Waals surface area contributed by atoms with E-state index in [2.05, 4.69) is 101 Å². The Morgan fingerprint density at radius 3 is 1.54 bits per heavy atom. The highest BCUT2D eigenvalue weighted by molar-refractivity contribution is 7.09. The van der Waals surface area contributed by atoms with Gasteiger partial charge in [0.2, 0.25) is 0 Å². The van der Waals surface area contributed by atoms with Crippen molar-refractivity contribution < 1.29 is 0 Å². The Morgan fingerprint density at radius 1 is 0.692 bits per heavy atom. The van der Waals surface area contributed by atoms with Crippen molar-refractivity contribution in [1.29, 1.82) is 0 Å². The maximum atomic E-state index is 4.22. The summed E-state index contributed by atoms with van der Waals surface area (Å²) < 4.78 is 0. The van der Waals surface area contributed by atoms with E-state index >= 15 is 0 Å². The van der Waals surface area contributed by atoms with Crippen LogP contribution in [0.25, 0.3) is 0 Å². The van der Waals surface area contributed by atoms with Gasteiger partial charge in [0, 0.05) is 17.6 Å². The fraction of sp³-hybridized carbons (Fsp3) is 0.0870. The van der Waals surface area contributed by atoms with E-state index in [1.807, 2.05) is 11.7 Å². The maximum absolute atomic E-state index is 4.22. The molecule has 3 heteroatoms. The van der Waals surface area contributed by atoms with Gasteiger partial charge in [0.25, 0.3) is 0 Å². The van der Waals surface area contributed by atoms with E-state index in [1.54, 1.807) is 11.3 Å². The normalized spacial score (nSPS) is 11.4. The van der Waals surface area contributed by atoms with E-state index in [0.29, 0.717) is 0 Å². The first-order valence-corrected chi connectivity index (χ1v) is 9.56. The molecule has 0 aliphatic rings. The molecule has 1 heterocycles. The van der Waals surface area contributed by atoms with Crippen molar-refractivity contribution in [3.8, 4) is 0 Å². The Labute approximate surface area is 158 Å². The van der Waals surface area contributed by atoms with Crippen LogP contribution in [0.5, 0.6) is 0 Å². The second kappa shape index (κ2) is 7.65. The van der Waals surface area contributed by atoms with Crippen LogP contribution in [0.4, 0.5) is 0 Å². The summed E-state index contributed by atoms with van der Waals surface area (Å²) in [6.07, 6.45) is 1.93. The van der Waals surface area contributed by atoms with Gasteiger partial charge < -0.3 is 0 Å². The molecular formula is C23H20N2S. The van der Waals surface area contributed by atoms with Crippen molar-refractivity contribution in [2.45, 2.75) is 12.1 Å². The minimum absolute atomic E-state index is 0.423. The number of nitrogens with zero attached hydrogens (tertiary/aromatic N) is 1. The van der Waals surface area contributed by atoms with Crippen LogP contribution in [0.1, 0.15) is 21.6 Å². The van der Waals surface area contributed by atoms with Gasteiger partial charge in [-0.05, 0) is 16.7 Å². The molecular weight excluding hydrogens is 336 g/mol. The van der Waals surface area contributed by atoms with Gasteiger partial charge in [-0.3, -0.25) is 10.3 Å². The van der Waals surface area contributed by atoms with Crippen LogP contribution < -0.4 is 5.32 Å². The number of aromatic nitrogens is 1. The highest BCUT2D eigenvalue weighted by Crippen LogP contribution is 2.37. The number of hydrogen-bond acceptors (Lipinski definition) is 3. The van der Waals surface area contributed by atoms with Crippen LogP contribution in [0.15, 0.2) is 103 Å². The molecule has 4 rings (SSSR count). The smallest absolute Gasteiger partial charge is 0.0950 e. The highest BCUT2D eigenvalue weighted by Gasteiger charge is 2.35. The zero-order valence-electron chi connectivity index (χ0n) is 14.4. The third-order valence-electron chi connectivity index (χ3n) is 4.63. The molecule has 0 bridgehead atoms. The SMILES string of the molecule is c1ccc(C(NCc2cncs2)(c2ccccc2)c2ccccc2)cc1. The van der Waals surface area contributed by atoms with Gasteiger partial charge >= 0.3 is 0 Å². The molecule has 26 heavy (non-hydrogen) atoms. The van der Waals surface area contributed by atoms with Crippen molar-refractivity contribution in [3.05, 3.63) is 124 Å². The molecule has 0 saturated carbocycles. The van der Waals surface area contributed by atoms with Gasteiger partial charge in [0.15, 0.2) is 0 Å². The summed E-state index contributed by atoms with van der Waals surface area (Å²) >= 11 is 1.68. The summed E-state index contributed by atoms with van der Waals surface area (Å²) in [5.41, 5.74) is 5.13. The standard InChI is InChI=1S/C23H20N2S/c1-4-10-19(11-5-1)23(20-12-6-2-7-13-20,21-14-8-3-9-15-21)25-17-22-16-24-18-26-22/h1-16,18,25H,17H2. The van der Waals surface area contributed by atoms with Crippen molar-refractivity contribution in [2.24, 2.45) is 0 Å². The third-order valence-corrected chi connectivity index (χ3v) is 5.41. The van der Waals surface area contributed by atoms with Crippen molar-refractivity contribution in [2.75, 3.05) is 0 Å². The highest BCUT2D eigenvalue weighted by atomic mass is 32.1. The topological polar surface area (TPSA) is 24.9 Å². The minimum atomic E-state index is -0.423. The third kappa shape index (κ3) is 3.19. The first-order valence-electron chi connectivity index (χ1n) is 8.68. The minimum Gasteiger partial charge on any atom is -0.295 e. The molecule has 0 aliphatic carbocycles. The lowest BCUT2D eigenvalue weighted by molar-refractivity contribution is 0.473. The van der Waals surface area contributed by atoms with Crippen molar-refractivity contribution >= 4 is 11.3 Å². The molecule has 2 nitrogen and oxygen atoms in total. The average Bonchev–Trinajstić information content (AvgIpc) is 3.25. The number of nitrogens with one attached hydrogen (secondary N) is 1. The van der Waals surface area contributed by atoms with Gasteiger partial charge in [-0.2, -0.15) is 0 Å². The van der Waals surface area contributed by atoms with E-state index in [9.17, 15) is 0 Å². The monoisotopic (exact) mass is 356 g/mol. The molecule has 3 aromatic carbocycles. The Morgan fingerprint density at radius 2 is 1.15 bits per heavy atom. The Balaban J connectivity index is 1.90. The average molecular weight is 356 g/mol. The van der Waals surface area contributed by atoms with Crippen LogP contribution in [0.2, 0.25) is 0 Å². The fourth-order valence-corrected chi connectivity index (χ4v) is 3.95. The first-order chi connectivity index (χ1) is 12.9. The van der Waals surface area contributed by atoms with E-state index in [-0.39, 0.29) is 0 Å². The molecule has 0 unspecified atom stereocenters. The Bertz CT molecular complexity index is 823. The summed E-state index contributed by atoms with van der Waals surface area (Å²) in [7, 11) is 0.